The molecule has 0 unspecified atom stereocenters. The van der Waals surface area contributed by atoms with Gasteiger partial charge >= 0.3 is 0 Å². The van der Waals surface area contributed by atoms with Gasteiger partial charge in [0.05, 0.1) is 10.9 Å². The van der Waals surface area contributed by atoms with E-state index >= 15 is 0 Å². The Morgan fingerprint density at radius 1 is 1.10 bits per heavy atom. The van der Waals surface area contributed by atoms with Crippen LogP contribution in [0.15, 0.2) is 36.4 Å². The Kier molecular flexibility index (Phi) is 5.44. The molecule has 0 bridgehead atoms. The highest BCUT2D eigenvalue weighted by Gasteiger charge is 2.09. The second kappa shape index (κ2) is 7.31. The van der Waals surface area contributed by atoms with E-state index in [-0.39, 0.29) is 23.3 Å². The number of benzene rings is 2. The van der Waals surface area contributed by atoms with Crippen LogP contribution < -0.4 is 4.74 Å². The quantitative estimate of drug-likeness (QED) is 0.582. The minimum Gasteiger partial charge on any atom is -0.486 e. The van der Waals surface area contributed by atoms with E-state index in [0.29, 0.717) is 11.1 Å². The molecular weight excluding hydrogens is 317 g/mol. The van der Waals surface area contributed by atoms with Crippen LogP contribution in [-0.2, 0) is 6.61 Å². The van der Waals surface area contributed by atoms with Gasteiger partial charge in [0.15, 0.2) is 11.6 Å². The molecule has 0 saturated heterocycles. The number of rotatable bonds is 3. The fraction of sp³-hybridized carbons (Fsp3) is 0.125. The summed E-state index contributed by atoms with van der Waals surface area (Å²) in [5.74, 6) is 4.58. The van der Waals surface area contributed by atoms with Crippen LogP contribution in [0.25, 0.3) is 0 Å². The maximum atomic E-state index is 13.7. The number of halogens is 4. The topological polar surface area (TPSA) is 9.23 Å². The van der Waals surface area contributed by atoms with Gasteiger partial charge in [-0.05, 0) is 24.3 Å². The summed E-state index contributed by atoms with van der Waals surface area (Å²) in [6.07, 6.45) is 0. The molecule has 108 valence electrons. The Hall–Kier alpha value is -1.76. The maximum absolute atomic E-state index is 13.7. The van der Waals surface area contributed by atoms with Crippen LogP contribution in [0.1, 0.15) is 11.1 Å². The average molecular weight is 327 g/mol. The Labute approximate surface area is 131 Å². The standard InChI is InChI=1S/C16H10Cl2F2O/c17-8-2-3-11-6-7-13(19)15(9-11)21-10-12-4-1-5-14(20)16(12)18/h1,4-7,9H,8,10H2. The van der Waals surface area contributed by atoms with E-state index in [9.17, 15) is 8.78 Å². The number of ether oxygens (including phenoxy) is 1. The third-order valence-electron chi connectivity index (χ3n) is 2.65. The van der Waals surface area contributed by atoms with Gasteiger partial charge in [0, 0.05) is 11.1 Å². The lowest BCUT2D eigenvalue weighted by Crippen LogP contribution is -1.99. The zero-order valence-electron chi connectivity index (χ0n) is 10.8. The molecule has 0 atom stereocenters. The molecule has 0 saturated carbocycles. The molecule has 0 aromatic heterocycles. The zero-order chi connectivity index (χ0) is 15.2. The third-order valence-corrected chi connectivity index (χ3v) is 3.20. The van der Waals surface area contributed by atoms with Crippen molar-refractivity contribution in [2.24, 2.45) is 0 Å². The molecule has 1 nitrogen and oxygen atoms in total. The van der Waals surface area contributed by atoms with Gasteiger partial charge in [0.2, 0.25) is 0 Å². The number of hydrogen-bond donors (Lipinski definition) is 0. The van der Waals surface area contributed by atoms with Crippen molar-refractivity contribution in [3.63, 3.8) is 0 Å². The van der Waals surface area contributed by atoms with E-state index in [2.05, 4.69) is 11.8 Å². The van der Waals surface area contributed by atoms with Crippen molar-refractivity contribution in [1.82, 2.24) is 0 Å². The highest BCUT2D eigenvalue weighted by Crippen LogP contribution is 2.23. The van der Waals surface area contributed by atoms with Gasteiger partial charge in [-0.3, -0.25) is 0 Å². The summed E-state index contributed by atoms with van der Waals surface area (Å²) in [6.45, 7) is -0.0418. The lowest BCUT2D eigenvalue weighted by Gasteiger charge is -2.09. The first-order chi connectivity index (χ1) is 10.1. The molecule has 0 spiro atoms. The molecular formula is C16H10Cl2F2O. The first-order valence-electron chi connectivity index (χ1n) is 6.02. The first-order valence-corrected chi connectivity index (χ1v) is 6.93. The smallest absolute Gasteiger partial charge is 0.165 e. The van der Waals surface area contributed by atoms with Gasteiger partial charge in [0.1, 0.15) is 12.4 Å². The fourth-order valence-electron chi connectivity index (χ4n) is 1.64. The van der Waals surface area contributed by atoms with Crippen LogP contribution in [0, 0.1) is 23.5 Å². The van der Waals surface area contributed by atoms with Crippen molar-refractivity contribution >= 4 is 23.2 Å². The molecule has 2 aromatic carbocycles. The first kappa shape index (κ1) is 15.6. The minimum atomic E-state index is -0.542. The van der Waals surface area contributed by atoms with Gasteiger partial charge < -0.3 is 4.74 Å². The predicted molar refractivity (Wildman–Crippen MR) is 79.7 cm³/mol. The second-order valence-electron chi connectivity index (χ2n) is 4.08. The van der Waals surface area contributed by atoms with Gasteiger partial charge in [0.25, 0.3) is 0 Å². The van der Waals surface area contributed by atoms with Crippen molar-refractivity contribution in [1.29, 1.82) is 0 Å². The molecule has 0 N–H and O–H groups in total. The van der Waals surface area contributed by atoms with Gasteiger partial charge in [-0.15, -0.1) is 11.6 Å². The van der Waals surface area contributed by atoms with E-state index in [1.165, 1.54) is 30.3 Å². The molecule has 21 heavy (non-hydrogen) atoms. The Morgan fingerprint density at radius 2 is 1.90 bits per heavy atom. The number of alkyl halides is 1. The van der Waals surface area contributed by atoms with Crippen LogP contribution in [0.3, 0.4) is 0 Å². The van der Waals surface area contributed by atoms with E-state index in [1.54, 1.807) is 6.07 Å². The second-order valence-corrected chi connectivity index (χ2v) is 4.73. The summed E-state index contributed by atoms with van der Waals surface area (Å²) >= 11 is 11.3. The molecule has 0 fully saturated rings. The van der Waals surface area contributed by atoms with Gasteiger partial charge in [-0.2, -0.15) is 0 Å². The predicted octanol–water partition coefficient (Wildman–Crippen LogP) is 4.79. The van der Waals surface area contributed by atoms with Crippen LogP contribution in [-0.4, -0.2) is 5.88 Å². The van der Waals surface area contributed by atoms with Crippen molar-refractivity contribution in [3.8, 4) is 17.6 Å². The average Bonchev–Trinajstić information content (AvgIpc) is 2.49. The molecule has 0 aliphatic heterocycles. The summed E-state index contributed by atoms with van der Waals surface area (Å²) < 4.78 is 32.3. The molecule has 0 aliphatic carbocycles. The van der Waals surface area contributed by atoms with Crippen LogP contribution >= 0.6 is 23.2 Å². The van der Waals surface area contributed by atoms with E-state index in [0.717, 1.165) is 0 Å². The lowest BCUT2D eigenvalue weighted by atomic mass is 10.2. The normalized spacial score (nSPS) is 9.90. The van der Waals surface area contributed by atoms with Crippen molar-refractivity contribution in [2.45, 2.75) is 6.61 Å². The van der Waals surface area contributed by atoms with Crippen molar-refractivity contribution in [2.75, 3.05) is 5.88 Å². The summed E-state index contributed by atoms with van der Waals surface area (Å²) in [5, 5.41) is -0.0315. The molecule has 0 heterocycles. The largest absolute Gasteiger partial charge is 0.486 e. The zero-order valence-corrected chi connectivity index (χ0v) is 12.3. The molecule has 0 aliphatic rings. The Morgan fingerprint density at radius 3 is 2.67 bits per heavy atom. The molecule has 2 rings (SSSR count). The van der Waals surface area contributed by atoms with Gasteiger partial charge in [-0.25, -0.2) is 8.78 Å². The molecule has 2 aromatic rings. The summed E-state index contributed by atoms with van der Waals surface area (Å²) in [5.41, 5.74) is 1.02. The fourth-order valence-corrected chi connectivity index (χ4v) is 1.89. The Bertz CT molecular complexity index is 705. The van der Waals surface area contributed by atoms with Crippen molar-refractivity contribution in [3.05, 3.63) is 64.2 Å². The van der Waals surface area contributed by atoms with E-state index < -0.39 is 11.6 Å². The highest BCUT2D eigenvalue weighted by atomic mass is 35.5. The van der Waals surface area contributed by atoms with Gasteiger partial charge in [-0.1, -0.05) is 35.6 Å². The van der Waals surface area contributed by atoms with E-state index in [1.807, 2.05) is 0 Å². The monoisotopic (exact) mass is 326 g/mol. The molecule has 0 amide bonds. The summed E-state index contributed by atoms with van der Waals surface area (Å²) in [7, 11) is 0. The van der Waals surface area contributed by atoms with E-state index in [4.69, 9.17) is 27.9 Å². The van der Waals surface area contributed by atoms with Crippen molar-refractivity contribution < 1.29 is 13.5 Å². The minimum absolute atomic E-state index is 0.0247. The summed E-state index contributed by atoms with van der Waals surface area (Å²) in [4.78, 5) is 0. The van der Waals surface area contributed by atoms with Crippen LogP contribution in [0.2, 0.25) is 5.02 Å². The number of hydrogen-bond acceptors (Lipinski definition) is 1. The third kappa shape index (κ3) is 4.10. The SMILES string of the molecule is Fc1ccc(C#CCCl)cc1OCc1cccc(F)c1Cl. The Balaban J connectivity index is 2.17. The molecule has 0 radical (unpaired) electrons. The highest BCUT2D eigenvalue weighted by molar-refractivity contribution is 6.31. The van der Waals surface area contributed by atoms with Crippen LogP contribution in [0.5, 0.6) is 5.75 Å². The van der Waals surface area contributed by atoms with Crippen LogP contribution in [0.4, 0.5) is 8.78 Å². The lowest BCUT2D eigenvalue weighted by molar-refractivity contribution is 0.290. The summed E-state index contributed by atoms with van der Waals surface area (Å²) in [6, 6.07) is 8.60. The molecule has 5 heteroatoms. The maximum Gasteiger partial charge on any atom is 0.165 e.